The van der Waals surface area contributed by atoms with Crippen LogP contribution in [0.3, 0.4) is 0 Å². The molecule has 0 aliphatic heterocycles. The minimum absolute atomic E-state index is 0.0451. The van der Waals surface area contributed by atoms with E-state index < -0.39 is 15.8 Å². The van der Waals surface area contributed by atoms with Gasteiger partial charge in [0.15, 0.2) is 0 Å². The van der Waals surface area contributed by atoms with Crippen molar-refractivity contribution in [2.75, 3.05) is 4.72 Å². The lowest BCUT2D eigenvalue weighted by molar-refractivity contribution is 0.393. The van der Waals surface area contributed by atoms with Crippen LogP contribution in [0.1, 0.15) is 17.0 Å². The van der Waals surface area contributed by atoms with Gasteiger partial charge in [-0.2, -0.15) is 0 Å². The first-order chi connectivity index (χ1) is 11.8. The summed E-state index contributed by atoms with van der Waals surface area (Å²) in [4.78, 5) is 0.0451. The molecular formula is C18H17FN2O3S. The standard InChI is InChI=1S/C18H17FN2O3S/c1-11-10-15(19)6-9-17(11)25(22,23)21-16-7-4-14(5-8-16)18-12(2)20-24-13(18)3/h4-10,21H,1-3H3. The molecule has 1 aromatic heterocycles. The van der Waals surface area contributed by atoms with Gasteiger partial charge in [0, 0.05) is 11.3 Å². The average molecular weight is 360 g/mol. The van der Waals surface area contributed by atoms with Gasteiger partial charge in [0.2, 0.25) is 0 Å². The normalized spacial score (nSPS) is 11.5. The van der Waals surface area contributed by atoms with Crippen LogP contribution < -0.4 is 4.72 Å². The third-order valence-corrected chi connectivity index (χ3v) is 5.43. The van der Waals surface area contributed by atoms with Crippen molar-refractivity contribution >= 4 is 15.7 Å². The highest BCUT2D eigenvalue weighted by Crippen LogP contribution is 2.28. The fourth-order valence-electron chi connectivity index (χ4n) is 2.72. The fourth-order valence-corrected chi connectivity index (χ4v) is 4.01. The number of hydrogen-bond acceptors (Lipinski definition) is 4. The maximum Gasteiger partial charge on any atom is 0.262 e. The molecule has 130 valence electrons. The molecule has 0 saturated carbocycles. The van der Waals surface area contributed by atoms with Crippen molar-refractivity contribution in [3.05, 3.63) is 65.3 Å². The molecule has 3 aromatic rings. The van der Waals surface area contributed by atoms with Gasteiger partial charge in [0.25, 0.3) is 10.0 Å². The zero-order valence-electron chi connectivity index (χ0n) is 14.0. The topological polar surface area (TPSA) is 72.2 Å². The molecule has 0 aliphatic carbocycles. The van der Waals surface area contributed by atoms with E-state index in [1.165, 1.54) is 12.1 Å². The molecule has 0 spiro atoms. The monoisotopic (exact) mass is 360 g/mol. The predicted molar refractivity (Wildman–Crippen MR) is 93.4 cm³/mol. The van der Waals surface area contributed by atoms with Crippen molar-refractivity contribution in [3.8, 4) is 11.1 Å². The zero-order chi connectivity index (χ0) is 18.2. The van der Waals surface area contributed by atoms with Crippen LogP contribution in [0.15, 0.2) is 51.9 Å². The number of benzene rings is 2. The Hall–Kier alpha value is -2.67. The molecule has 0 amide bonds. The largest absolute Gasteiger partial charge is 0.361 e. The summed E-state index contributed by atoms with van der Waals surface area (Å²) < 4.78 is 45.8. The highest BCUT2D eigenvalue weighted by Gasteiger charge is 2.18. The van der Waals surface area contributed by atoms with Crippen molar-refractivity contribution in [3.63, 3.8) is 0 Å². The second-order valence-corrected chi connectivity index (χ2v) is 7.44. The summed E-state index contributed by atoms with van der Waals surface area (Å²) in [6.45, 7) is 5.22. The summed E-state index contributed by atoms with van der Waals surface area (Å²) in [5.41, 5.74) is 3.31. The summed E-state index contributed by atoms with van der Waals surface area (Å²) in [6.07, 6.45) is 0. The van der Waals surface area contributed by atoms with Crippen LogP contribution >= 0.6 is 0 Å². The summed E-state index contributed by atoms with van der Waals surface area (Å²) in [5.74, 6) is 0.230. The van der Waals surface area contributed by atoms with Crippen molar-refractivity contribution < 1.29 is 17.3 Å². The predicted octanol–water partition coefficient (Wildman–Crippen LogP) is 4.21. The van der Waals surface area contributed by atoms with Gasteiger partial charge in [-0.15, -0.1) is 0 Å². The number of nitrogens with one attached hydrogen (secondary N) is 1. The Morgan fingerprint density at radius 3 is 2.28 bits per heavy atom. The minimum Gasteiger partial charge on any atom is -0.361 e. The van der Waals surface area contributed by atoms with Crippen LogP contribution in [-0.2, 0) is 10.0 Å². The van der Waals surface area contributed by atoms with Crippen molar-refractivity contribution in [1.82, 2.24) is 5.16 Å². The molecule has 0 bridgehead atoms. The van der Waals surface area contributed by atoms with E-state index in [1.54, 1.807) is 31.2 Å². The van der Waals surface area contributed by atoms with E-state index in [9.17, 15) is 12.8 Å². The molecule has 3 rings (SSSR count). The molecule has 0 aliphatic rings. The van der Waals surface area contributed by atoms with Gasteiger partial charge in [0.05, 0.1) is 10.6 Å². The lowest BCUT2D eigenvalue weighted by atomic mass is 10.0. The van der Waals surface area contributed by atoms with Crippen LogP contribution in [0.25, 0.3) is 11.1 Å². The molecule has 0 atom stereocenters. The SMILES string of the molecule is Cc1cc(F)ccc1S(=O)(=O)Nc1ccc(-c2c(C)noc2C)cc1. The Labute approximate surface area is 145 Å². The highest BCUT2D eigenvalue weighted by molar-refractivity contribution is 7.92. The number of aryl methyl sites for hydroxylation is 3. The van der Waals surface area contributed by atoms with Gasteiger partial charge in [-0.1, -0.05) is 17.3 Å². The van der Waals surface area contributed by atoms with E-state index in [2.05, 4.69) is 9.88 Å². The van der Waals surface area contributed by atoms with E-state index in [1.807, 2.05) is 13.8 Å². The Morgan fingerprint density at radius 2 is 1.72 bits per heavy atom. The summed E-state index contributed by atoms with van der Waals surface area (Å²) >= 11 is 0. The Kier molecular flexibility index (Phi) is 4.34. The molecular weight excluding hydrogens is 343 g/mol. The first-order valence-corrected chi connectivity index (χ1v) is 9.08. The number of rotatable bonds is 4. The molecule has 25 heavy (non-hydrogen) atoms. The van der Waals surface area contributed by atoms with Gasteiger partial charge in [-0.3, -0.25) is 4.72 Å². The Morgan fingerprint density at radius 1 is 1.04 bits per heavy atom. The number of halogens is 1. The highest BCUT2D eigenvalue weighted by atomic mass is 32.2. The third kappa shape index (κ3) is 3.41. The number of anilines is 1. The second kappa shape index (κ2) is 6.33. The molecule has 0 saturated heterocycles. The van der Waals surface area contributed by atoms with Crippen LogP contribution in [0.2, 0.25) is 0 Å². The molecule has 0 fully saturated rings. The summed E-state index contributed by atoms with van der Waals surface area (Å²) in [5, 5.41) is 3.91. The minimum atomic E-state index is -3.79. The number of hydrogen-bond donors (Lipinski definition) is 1. The molecule has 2 aromatic carbocycles. The van der Waals surface area contributed by atoms with E-state index in [0.29, 0.717) is 17.0 Å². The van der Waals surface area contributed by atoms with Crippen LogP contribution in [0, 0.1) is 26.6 Å². The molecule has 0 radical (unpaired) electrons. The lowest BCUT2D eigenvalue weighted by Crippen LogP contribution is -2.14. The lowest BCUT2D eigenvalue weighted by Gasteiger charge is -2.11. The summed E-state index contributed by atoms with van der Waals surface area (Å²) in [7, 11) is -3.79. The van der Waals surface area contributed by atoms with E-state index in [-0.39, 0.29) is 4.90 Å². The van der Waals surface area contributed by atoms with E-state index >= 15 is 0 Å². The summed E-state index contributed by atoms with van der Waals surface area (Å²) in [6, 6.07) is 10.5. The van der Waals surface area contributed by atoms with Crippen LogP contribution in [0.5, 0.6) is 0 Å². The van der Waals surface area contributed by atoms with Crippen molar-refractivity contribution in [2.24, 2.45) is 0 Å². The maximum absolute atomic E-state index is 13.2. The number of sulfonamides is 1. The van der Waals surface area contributed by atoms with Crippen molar-refractivity contribution in [1.29, 1.82) is 0 Å². The third-order valence-electron chi connectivity index (χ3n) is 3.89. The van der Waals surface area contributed by atoms with Gasteiger partial charge in [-0.25, -0.2) is 12.8 Å². The molecule has 1 N–H and O–H groups in total. The molecule has 1 heterocycles. The van der Waals surface area contributed by atoms with E-state index in [4.69, 9.17) is 4.52 Å². The Balaban J connectivity index is 1.88. The van der Waals surface area contributed by atoms with E-state index in [0.717, 1.165) is 22.9 Å². The molecule has 7 heteroatoms. The smallest absolute Gasteiger partial charge is 0.262 e. The molecule has 5 nitrogen and oxygen atoms in total. The average Bonchev–Trinajstić information content (AvgIpc) is 2.86. The Bertz CT molecular complexity index is 1010. The van der Waals surface area contributed by atoms with Gasteiger partial charge in [-0.05, 0) is 62.2 Å². The second-order valence-electron chi connectivity index (χ2n) is 5.79. The number of nitrogens with zero attached hydrogens (tertiary/aromatic N) is 1. The maximum atomic E-state index is 13.2. The first kappa shape index (κ1) is 17.2. The van der Waals surface area contributed by atoms with Gasteiger partial charge < -0.3 is 4.52 Å². The quantitative estimate of drug-likeness (QED) is 0.757. The first-order valence-electron chi connectivity index (χ1n) is 7.60. The fraction of sp³-hybridized carbons (Fsp3) is 0.167. The molecule has 0 unspecified atom stereocenters. The number of aromatic nitrogens is 1. The van der Waals surface area contributed by atoms with Crippen LogP contribution in [-0.4, -0.2) is 13.6 Å². The van der Waals surface area contributed by atoms with Gasteiger partial charge >= 0.3 is 0 Å². The van der Waals surface area contributed by atoms with Crippen LogP contribution in [0.4, 0.5) is 10.1 Å². The zero-order valence-corrected chi connectivity index (χ0v) is 14.8. The van der Waals surface area contributed by atoms with Gasteiger partial charge in [0.1, 0.15) is 11.6 Å². The van der Waals surface area contributed by atoms with Crippen molar-refractivity contribution in [2.45, 2.75) is 25.7 Å².